The van der Waals surface area contributed by atoms with Crippen LogP contribution in [0.15, 0.2) is 42.7 Å². The molecule has 3 rings (SSSR count). The van der Waals surface area contributed by atoms with Gasteiger partial charge in [-0.05, 0) is 18.2 Å². The number of nitrogens with two attached hydrogens (primary N) is 1. The van der Waals surface area contributed by atoms with Gasteiger partial charge in [0.05, 0.1) is 17.6 Å². The quantitative estimate of drug-likeness (QED) is 0.904. The molecule has 1 aromatic heterocycles. The van der Waals surface area contributed by atoms with Crippen LogP contribution in [-0.2, 0) is 4.79 Å². The summed E-state index contributed by atoms with van der Waals surface area (Å²) in [6.45, 7) is 0.172. The second-order valence-electron chi connectivity index (χ2n) is 4.70. The molecule has 1 atom stereocenters. The highest BCUT2D eigenvalue weighted by atomic mass is 16.6. The lowest BCUT2D eigenvalue weighted by atomic mass is 10.2. The van der Waals surface area contributed by atoms with E-state index in [4.69, 9.17) is 15.2 Å². The van der Waals surface area contributed by atoms with E-state index in [0.717, 1.165) is 0 Å². The number of nitrogen functional groups attached to an aromatic ring is 1. The van der Waals surface area contributed by atoms with Crippen molar-refractivity contribution in [3.05, 3.63) is 42.7 Å². The van der Waals surface area contributed by atoms with E-state index in [1.54, 1.807) is 31.4 Å². The molecule has 2 heterocycles. The Labute approximate surface area is 122 Å². The number of likely N-dealkylation sites (N-methyl/N-ethyl adjacent to an activating group) is 1. The number of carbonyl (C=O) groups is 1. The Morgan fingerprint density at radius 1 is 1.33 bits per heavy atom. The fraction of sp³-hybridized carbons (Fsp3) is 0.200. The minimum Gasteiger partial charge on any atom is -0.485 e. The molecule has 0 radical (unpaired) electrons. The predicted molar refractivity (Wildman–Crippen MR) is 78.4 cm³/mol. The zero-order chi connectivity index (χ0) is 14.8. The number of para-hydroxylation sites is 2. The number of fused-ring (bicyclic) bond motifs is 1. The van der Waals surface area contributed by atoms with Crippen molar-refractivity contribution in [2.75, 3.05) is 24.3 Å². The van der Waals surface area contributed by atoms with E-state index in [9.17, 15) is 4.79 Å². The van der Waals surface area contributed by atoms with Gasteiger partial charge in [0.1, 0.15) is 6.61 Å². The summed E-state index contributed by atoms with van der Waals surface area (Å²) in [6, 6.07) is 8.95. The second-order valence-corrected chi connectivity index (χ2v) is 4.70. The average molecular weight is 285 g/mol. The maximum atomic E-state index is 12.5. The van der Waals surface area contributed by atoms with Crippen molar-refractivity contribution in [2.45, 2.75) is 6.10 Å². The molecule has 1 amide bonds. The first-order chi connectivity index (χ1) is 10.2. The van der Waals surface area contributed by atoms with Crippen LogP contribution in [-0.4, -0.2) is 30.6 Å². The van der Waals surface area contributed by atoms with Gasteiger partial charge in [-0.25, -0.2) is 0 Å². The van der Waals surface area contributed by atoms with Crippen LogP contribution in [0, 0.1) is 0 Å². The molecule has 0 aliphatic carbocycles. The highest BCUT2D eigenvalue weighted by Crippen LogP contribution is 2.32. The number of ether oxygens (including phenoxy) is 2. The third kappa shape index (κ3) is 2.47. The van der Waals surface area contributed by atoms with Crippen molar-refractivity contribution in [3.8, 4) is 11.5 Å². The number of nitrogens with zero attached hydrogens (tertiary/aromatic N) is 2. The number of hydrogen-bond donors (Lipinski definition) is 1. The summed E-state index contributed by atoms with van der Waals surface area (Å²) >= 11 is 0. The van der Waals surface area contributed by atoms with Gasteiger partial charge in [0.15, 0.2) is 11.5 Å². The Balaban J connectivity index is 1.79. The van der Waals surface area contributed by atoms with Crippen LogP contribution >= 0.6 is 0 Å². The van der Waals surface area contributed by atoms with E-state index in [-0.39, 0.29) is 12.5 Å². The summed E-state index contributed by atoms with van der Waals surface area (Å²) in [5.41, 5.74) is 6.87. The molecule has 0 saturated heterocycles. The molecule has 0 saturated carbocycles. The van der Waals surface area contributed by atoms with Crippen molar-refractivity contribution in [1.29, 1.82) is 0 Å². The smallest absolute Gasteiger partial charge is 0.271 e. The van der Waals surface area contributed by atoms with E-state index in [2.05, 4.69) is 4.98 Å². The summed E-state index contributed by atoms with van der Waals surface area (Å²) in [5, 5.41) is 0. The van der Waals surface area contributed by atoms with Gasteiger partial charge in [-0.2, -0.15) is 0 Å². The minimum absolute atomic E-state index is 0.172. The molecule has 1 unspecified atom stereocenters. The van der Waals surface area contributed by atoms with Crippen LogP contribution in [0.5, 0.6) is 11.5 Å². The summed E-state index contributed by atoms with van der Waals surface area (Å²) in [5.74, 6) is 0.994. The first-order valence-electron chi connectivity index (χ1n) is 6.52. The maximum Gasteiger partial charge on any atom is 0.271 e. The number of hydrogen-bond acceptors (Lipinski definition) is 5. The number of carbonyl (C=O) groups excluding carboxylic acids is 1. The molecule has 0 bridgehead atoms. The van der Waals surface area contributed by atoms with Crippen LogP contribution in [0.25, 0.3) is 0 Å². The fourth-order valence-corrected chi connectivity index (χ4v) is 2.18. The first-order valence-corrected chi connectivity index (χ1v) is 6.52. The number of aromatic nitrogens is 1. The van der Waals surface area contributed by atoms with Gasteiger partial charge in [0.25, 0.3) is 5.91 Å². The van der Waals surface area contributed by atoms with Gasteiger partial charge < -0.3 is 20.1 Å². The van der Waals surface area contributed by atoms with E-state index in [1.807, 2.05) is 12.1 Å². The highest BCUT2D eigenvalue weighted by Gasteiger charge is 2.30. The Kier molecular flexibility index (Phi) is 3.35. The molecular weight excluding hydrogens is 270 g/mol. The van der Waals surface area contributed by atoms with Crippen molar-refractivity contribution >= 4 is 17.3 Å². The summed E-state index contributed by atoms with van der Waals surface area (Å²) in [4.78, 5) is 17.9. The zero-order valence-electron chi connectivity index (χ0n) is 11.5. The van der Waals surface area contributed by atoms with E-state index >= 15 is 0 Å². The zero-order valence-corrected chi connectivity index (χ0v) is 11.5. The van der Waals surface area contributed by atoms with Crippen molar-refractivity contribution in [2.24, 2.45) is 0 Å². The van der Waals surface area contributed by atoms with E-state index in [0.29, 0.717) is 22.9 Å². The Bertz CT molecular complexity index is 675. The normalized spacial score (nSPS) is 16.3. The van der Waals surface area contributed by atoms with Crippen molar-refractivity contribution in [1.82, 2.24) is 4.98 Å². The van der Waals surface area contributed by atoms with Gasteiger partial charge >= 0.3 is 0 Å². The molecule has 6 nitrogen and oxygen atoms in total. The van der Waals surface area contributed by atoms with Gasteiger partial charge in [0, 0.05) is 13.2 Å². The number of pyridine rings is 1. The minimum atomic E-state index is -0.697. The topological polar surface area (TPSA) is 77.7 Å². The van der Waals surface area contributed by atoms with Gasteiger partial charge in [-0.15, -0.1) is 0 Å². The second kappa shape index (κ2) is 5.32. The van der Waals surface area contributed by atoms with E-state index in [1.165, 1.54) is 11.1 Å². The molecule has 21 heavy (non-hydrogen) atoms. The van der Waals surface area contributed by atoms with Crippen LogP contribution < -0.4 is 20.1 Å². The molecule has 1 aliphatic heterocycles. The molecule has 6 heteroatoms. The lowest BCUT2D eigenvalue weighted by Gasteiger charge is -2.29. The fourth-order valence-electron chi connectivity index (χ4n) is 2.18. The van der Waals surface area contributed by atoms with Crippen LogP contribution in [0.4, 0.5) is 11.4 Å². The molecule has 2 N–H and O–H groups in total. The van der Waals surface area contributed by atoms with Crippen molar-refractivity contribution < 1.29 is 14.3 Å². The molecule has 0 fully saturated rings. The SMILES string of the molecule is CN(C(=O)C1COc2ccccc2O1)c1ccncc1N. The van der Waals surface area contributed by atoms with Crippen LogP contribution in [0.3, 0.4) is 0 Å². The number of benzene rings is 1. The Morgan fingerprint density at radius 3 is 2.86 bits per heavy atom. The largest absolute Gasteiger partial charge is 0.485 e. The number of rotatable bonds is 2. The van der Waals surface area contributed by atoms with Gasteiger partial charge in [-0.3, -0.25) is 9.78 Å². The van der Waals surface area contributed by atoms with Gasteiger partial charge in [0.2, 0.25) is 6.10 Å². The van der Waals surface area contributed by atoms with Crippen molar-refractivity contribution in [3.63, 3.8) is 0 Å². The molecule has 108 valence electrons. The van der Waals surface area contributed by atoms with Gasteiger partial charge in [-0.1, -0.05) is 12.1 Å². The molecule has 0 spiro atoms. The van der Waals surface area contributed by atoms with Crippen LogP contribution in [0.1, 0.15) is 0 Å². The maximum absolute atomic E-state index is 12.5. The first kappa shape index (κ1) is 13.2. The molecular formula is C15H15N3O3. The average Bonchev–Trinajstić information content (AvgIpc) is 2.53. The monoisotopic (exact) mass is 285 g/mol. The summed E-state index contributed by atoms with van der Waals surface area (Å²) in [6.07, 6.45) is 2.40. The molecule has 1 aromatic carbocycles. The van der Waals surface area contributed by atoms with Crippen LogP contribution in [0.2, 0.25) is 0 Å². The highest BCUT2D eigenvalue weighted by molar-refractivity contribution is 5.98. The predicted octanol–water partition coefficient (Wildman–Crippen LogP) is 1.47. The molecule has 1 aliphatic rings. The molecule has 2 aromatic rings. The van der Waals surface area contributed by atoms with E-state index < -0.39 is 6.10 Å². The third-order valence-electron chi connectivity index (χ3n) is 3.30. The lowest BCUT2D eigenvalue weighted by molar-refractivity contribution is -0.127. The number of anilines is 2. The number of amides is 1. The summed E-state index contributed by atoms with van der Waals surface area (Å²) < 4.78 is 11.3. The summed E-state index contributed by atoms with van der Waals surface area (Å²) in [7, 11) is 1.65. The Hall–Kier alpha value is -2.76. The standard InChI is InChI=1S/C15H15N3O3/c1-18(11-6-7-17-8-10(11)16)15(19)14-9-20-12-4-2-3-5-13(12)21-14/h2-8,14H,9,16H2,1H3. The Morgan fingerprint density at radius 2 is 2.10 bits per heavy atom. The third-order valence-corrected chi connectivity index (χ3v) is 3.30. The lowest BCUT2D eigenvalue weighted by Crippen LogP contribution is -2.45.